The summed E-state index contributed by atoms with van der Waals surface area (Å²) in [7, 11) is 0. The number of hydrogen-bond donors (Lipinski definition) is 1. The van der Waals surface area contributed by atoms with Crippen LogP contribution in [0.4, 0.5) is 0 Å². The normalized spacial score (nSPS) is 9.70. The fourth-order valence-electron chi connectivity index (χ4n) is 0.443. The number of alkyl halides is 1. The Morgan fingerprint density at radius 2 is 2.50 bits per heavy atom. The van der Waals surface area contributed by atoms with Crippen LogP contribution in [0.15, 0.2) is 9.32 Å². The van der Waals surface area contributed by atoms with Crippen molar-refractivity contribution in [1.29, 1.82) is 0 Å². The maximum absolute atomic E-state index is 10.7. The molecule has 0 unspecified atom stereocenters. The highest BCUT2D eigenvalue weighted by Gasteiger charge is 2.12. The summed E-state index contributed by atoms with van der Waals surface area (Å²) in [5, 5.41) is 5.31. The second-order valence-corrected chi connectivity index (χ2v) is 2.06. The minimum absolute atomic E-state index is 0.0720. The van der Waals surface area contributed by atoms with Crippen LogP contribution >= 0.6 is 15.9 Å². The number of nitrogens with one attached hydrogen (secondary N) is 1. The van der Waals surface area contributed by atoms with Gasteiger partial charge in [-0.2, -0.15) is 0 Å². The van der Waals surface area contributed by atoms with Crippen molar-refractivity contribution in [3.8, 4) is 0 Å². The lowest BCUT2D eigenvalue weighted by atomic mass is 10.3. The van der Waals surface area contributed by atoms with Crippen LogP contribution in [0.2, 0.25) is 0 Å². The number of aromatic amines is 1. The maximum Gasteiger partial charge on any atom is 0.388 e. The molecule has 0 saturated heterocycles. The van der Waals surface area contributed by atoms with Gasteiger partial charge in [0.05, 0.1) is 5.33 Å². The molecule has 0 bridgehead atoms. The van der Waals surface area contributed by atoms with Crippen molar-refractivity contribution in [3.05, 3.63) is 16.1 Å². The van der Waals surface area contributed by atoms with E-state index >= 15 is 0 Å². The Morgan fingerprint density at radius 3 is 2.90 bits per heavy atom. The Balaban J connectivity index is 3.05. The number of carbonyl (C=O) groups excluding carboxylic acids is 1. The van der Waals surface area contributed by atoms with Gasteiger partial charge in [0, 0.05) is 0 Å². The van der Waals surface area contributed by atoms with Crippen LogP contribution < -0.4 is 5.63 Å². The first-order chi connectivity index (χ1) is 4.75. The van der Waals surface area contributed by atoms with E-state index in [0.717, 1.165) is 0 Å². The largest absolute Gasteiger partial charge is 0.388 e. The Hall–Kier alpha value is -0.910. The van der Waals surface area contributed by atoms with Gasteiger partial charge in [-0.25, -0.2) is 4.79 Å². The average molecular weight is 207 g/mol. The zero-order valence-electron chi connectivity index (χ0n) is 4.76. The van der Waals surface area contributed by atoms with Crippen molar-refractivity contribution in [2.24, 2.45) is 0 Å². The second kappa shape index (κ2) is 2.78. The van der Waals surface area contributed by atoms with E-state index in [1.165, 1.54) is 0 Å². The average Bonchev–Trinajstić information content (AvgIpc) is 2.34. The molecule has 0 aliphatic heterocycles. The molecule has 0 amide bonds. The zero-order valence-corrected chi connectivity index (χ0v) is 6.34. The van der Waals surface area contributed by atoms with Gasteiger partial charge in [0.15, 0.2) is 0 Å². The molecule has 0 aliphatic carbocycles. The molecular weight excluding hydrogens is 204 g/mol. The van der Waals surface area contributed by atoms with Crippen LogP contribution in [0.3, 0.4) is 0 Å². The van der Waals surface area contributed by atoms with E-state index in [-0.39, 0.29) is 11.0 Å². The summed E-state index contributed by atoms with van der Waals surface area (Å²) in [5.41, 5.74) is -0.929. The van der Waals surface area contributed by atoms with Gasteiger partial charge in [-0.05, 0) is 0 Å². The molecule has 0 fully saturated rings. The molecular formula is C4H3BrN2O3. The lowest BCUT2D eigenvalue weighted by molar-refractivity contribution is 0.101. The van der Waals surface area contributed by atoms with Crippen LogP contribution in [0.1, 0.15) is 10.5 Å². The minimum Gasteiger partial charge on any atom is -0.319 e. The molecule has 54 valence electrons. The molecule has 0 aromatic carbocycles. The maximum atomic E-state index is 10.7. The molecule has 1 rings (SSSR count). The fourth-order valence-corrected chi connectivity index (χ4v) is 0.709. The monoisotopic (exact) mass is 206 g/mol. The number of nitrogens with zero attached hydrogens (tertiary/aromatic N) is 1. The van der Waals surface area contributed by atoms with E-state index in [0.29, 0.717) is 0 Å². The van der Waals surface area contributed by atoms with Gasteiger partial charge in [-0.1, -0.05) is 15.9 Å². The highest BCUT2D eigenvalue weighted by Crippen LogP contribution is 1.90. The lowest BCUT2D eigenvalue weighted by Crippen LogP contribution is -2.11. The van der Waals surface area contributed by atoms with Gasteiger partial charge in [-0.15, -0.1) is 10.4 Å². The molecule has 0 radical (unpaired) electrons. The summed E-state index contributed by atoms with van der Waals surface area (Å²) >= 11 is 2.89. The molecule has 0 spiro atoms. The van der Waals surface area contributed by atoms with Gasteiger partial charge >= 0.3 is 5.63 Å². The summed E-state index contributed by atoms with van der Waals surface area (Å²) < 4.78 is 4.15. The van der Waals surface area contributed by atoms with Gasteiger partial charge < -0.3 is 4.52 Å². The van der Waals surface area contributed by atoms with E-state index in [1.807, 2.05) is 5.27 Å². The Labute approximate surface area is 63.5 Å². The Kier molecular flexibility index (Phi) is 2.00. The van der Waals surface area contributed by atoms with Crippen LogP contribution in [0.25, 0.3) is 0 Å². The van der Waals surface area contributed by atoms with Crippen LogP contribution in [0, 0.1) is 0 Å². The van der Waals surface area contributed by atoms with Gasteiger partial charge in [0.1, 0.15) is 0 Å². The van der Waals surface area contributed by atoms with Crippen LogP contribution in [0.5, 0.6) is 0 Å². The topological polar surface area (TPSA) is 76.0 Å². The number of hydrogen-bond acceptors (Lipinski definition) is 4. The summed E-state index contributed by atoms with van der Waals surface area (Å²) in [6.07, 6.45) is 0. The van der Waals surface area contributed by atoms with Crippen LogP contribution in [-0.2, 0) is 0 Å². The number of Topliss-reactive ketones (excluding diaryl/α,β-unsaturated/α-hetero) is 1. The molecule has 1 heterocycles. The van der Waals surface area contributed by atoms with Crippen molar-refractivity contribution in [2.45, 2.75) is 0 Å². The Morgan fingerprint density at radius 1 is 1.80 bits per heavy atom. The van der Waals surface area contributed by atoms with Crippen molar-refractivity contribution < 1.29 is 9.32 Å². The number of H-pyrrole nitrogens is 1. The predicted molar refractivity (Wildman–Crippen MR) is 35.2 cm³/mol. The smallest absolute Gasteiger partial charge is 0.319 e. The van der Waals surface area contributed by atoms with Crippen molar-refractivity contribution in [3.63, 3.8) is 0 Å². The molecule has 0 saturated carbocycles. The van der Waals surface area contributed by atoms with Gasteiger partial charge in [-0.3, -0.25) is 4.79 Å². The highest BCUT2D eigenvalue weighted by molar-refractivity contribution is 9.09. The van der Waals surface area contributed by atoms with Crippen molar-refractivity contribution >= 4 is 21.7 Å². The molecule has 10 heavy (non-hydrogen) atoms. The second-order valence-electron chi connectivity index (χ2n) is 1.50. The van der Waals surface area contributed by atoms with Crippen molar-refractivity contribution in [1.82, 2.24) is 10.4 Å². The summed E-state index contributed by atoms with van der Waals surface area (Å²) in [6.45, 7) is 0. The summed E-state index contributed by atoms with van der Waals surface area (Å²) in [4.78, 5) is 21.2. The molecule has 6 heteroatoms. The molecule has 1 N–H and O–H groups in total. The van der Waals surface area contributed by atoms with E-state index in [9.17, 15) is 9.59 Å². The molecule has 1 aromatic rings. The minimum atomic E-state index is -0.732. The van der Waals surface area contributed by atoms with E-state index in [1.54, 1.807) is 0 Å². The van der Waals surface area contributed by atoms with E-state index in [2.05, 4.69) is 25.6 Å². The number of carbonyl (C=O) groups is 1. The fraction of sp³-hybridized carbons (Fsp3) is 0.250. The third kappa shape index (κ3) is 1.15. The first kappa shape index (κ1) is 7.20. The SMILES string of the molecule is O=C(CBr)c1n[nH]oc1=O. The van der Waals surface area contributed by atoms with Crippen LogP contribution in [-0.4, -0.2) is 21.5 Å². The molecule has 1 aromatic heterocycles. The highest BCUT2D eigenvalue weighted by atomic mass is 79.9. The molecule has 0 aliphatic rings. The van der Waals surface area contributed by atoms with Gasteiger partial charge in [0.25, 0.3) is 0 Å². The van der Waals surface area contributed by atoms with Crippen molar-refractivity contribution in [2.75, 3.05) is 5.33 Å². The first-order valence-electron chi connectivity index (χ1n) is 2.38. The quantitative estimate of drug-likeness (QED) is 0.544. The Bertz CT molecular complexity index is 289. The molecule has 0 atom stereocenters. The molecule has 5 nitrogen and oxygen atoms in total. The third-order valence-corrected chi connectivity index (χ3v) is 1.38. The first-order valence-corrected chi connectivity index (χ1v) is 3.51. The van der Waals surface area contributed by atoms with E-state index < -0.39 is 11.4 Å². The number of aromatic nitrogens is 2. The summed E-state index contributed by atoms with van der Waals surface area (Å²) in [5.74, 6) is -0.394. The standard InChI is InChI=1S/C4H3BrN2O3/c5-1-2(8)3-4(9)10-7-6-3/h7H,1H2. The predicted octanol–water partition coefficient (Wildman–Crippen LogP) is -0.0595. The number of rotatable bonds is 2. The zero-order chi connectivity index (χ0) is 7.56. The van der Waals surface area contributed by atoms with E-state index in [4.69, 9.17) is 0 Å². The summed E-state index contributed by atoms with van der Waals surface area (Å²) in [6, 6.07) is 0. The third-order valence-electron chi connectivity index (χ3n) is 0.875. The lowest BCUT2D eigenvalue weighted by Gasteiger charge is -1.80. The van der Waals surface area contributed by atoms with Gasteiger partial charge in [0.2, 0.25) is 11.5 Å². The number of ketones is 1. The number of halogens is 1.